The van der Waals surface area contributed by atoms with Gasteiger partial charge in [-0.05, 0) is 29.8 Å². The first-order valence-electron chi connectivity index (χ1n) is 8.14. The van der Waals surface area contributed by atoms with Gasteiger partial charge in [0.25, 0.3) is 5.69 Å². The van der Waals surface area contributed by atoms with Gasteiger partial charge in [-0.3, -0.25) is 10.1 Å². The first kappa shape index (κ1) is 20.2. The Morgan fingerprint density at radius 2 is 1.76 bits per heavy atom. The fourth-order valence-corrected chi connectivity index (χ4v) is 2.91. The Morgan fingerprint density at radius 3 is 2.28 bits per heavy atom. The molecule has 0 bridgehead atoms. The molecule has 9 nitrogen and oxygen atoms in total. The lowest BCUT2D eigenvalue weighted by molar-refractivity contribution is -0.384. The molecule has 0 aliphatic carbocycles. The Bertz CT molecular complexity index is 1040. The molecule has 0 unspecified atom stereocenters. The lowest BCUT2D eigenvalue weighted by atomic mass is 10.1. The lowest BCUT2D eigenvalue weighted by Gasteiger charge is -2.12. The highest BCUT2D eigenvalue weighted by Crippen LogP contribution is 2.39. The molecule has 0 fully saturated rings. The van der Waals surface area contributed by atoms with Crippen LogP contribution in [0.4, 0.5) is 5.69 Å². The zero-order valence-corrected chi connectivity index (χ0v) is 16.4. The average molecular weight is 419 g/mol. The number of non-ortho nitro benzene ring substituents is 1. The van der Waals surface area contributed by atoms with Crippen LogP contribution in [-0.2, 0) is 9.53 Å². The first-order valence-corrected chi connectivity index (χ1v) is 8.52. The number of ether oxygens (including phenoxy) is 4. The fraction of sp³-hybridized carbons (Fsp3) is 0.158. The summed E-state index contributed by atoms with van der Waals surface area (Å²) in [5, 5.41) is 10.9. The predicted molar refractivity (Wildman–Crippen MR) is 105 cm³/mol. The van der Waals surface area contributed by atoms with E-state index in [9.17, 15) is 14.9 Å². The largest absolute Gasteiger partial charge is 0.493 e. The summed E-state index contributed by atoms with van der Waals surface area (Å²) in [6, 6.07) is 7.07. The number of rotatable bonds is 6. The minimum absolute atomic E-state index is 0.0173. The summed E-state index contributed by atoms with van der Waals surface area (Å²) in [7, 11) is 4.44. The Morgan fingerprint density at radius 1 is 1.10 bits per heavy atom. The first-order chi connectivity index (χ1) is 13.9. The van der Waals surface area contributed by atoms with Gasteiger partial charge in [-0.2, -0.15) is 0 Å². The molecule has 0 spiro atoms. The lowest BCUT2D eigenvalue weighted by Crippen LogP contribution is -2.06. The number of carbonyl (C=O) groups is 1. The number of nitro groups is 1. The Kier molecular flexibility index (Phi) is 5.69. The zero-order valence-electron chi connectivity index (χ0n) is 15.6. The number of halogens is 1. The van der Waals surface area contributed by atoms with Crippen molar-refractivity contribution in [2.75, 3.05) is 21.3 Å². The van der Waals surface area contributed by atoms with Crippen molar-refractivity contribution in [3.8, 4) is 17.2 Å². The van der Waals surface area contributed by atoms with Gasteiger partial charge in [0.1, 0.15) is 0 Å². The van der Waals surface area contributed by atoms with Crippen LogP contribution in [0, 0.1) is 10.1 Å². The van der Waals surface area contributed by atoms with Gasteiger partial charge in [0.2, 0.25) is 11.6 Å². The predicted octanol–water partition coefficient (Wildman–Crippen LogP) is 3.62. The maximum atomic E-state index is 12.2. The highest BCUT2D eigenvalue weighted by atomic mass is 35.5. The summed E-state index contributed by atoms with van der Waals surface area (Å²) >= 11 is 6.08. The third-order valence-electron chi connectivity index (χ3n) is 4.00. The van der Waals surface area contributed by atoms with Crippen LogP contribution in [0.5, 0.6) is 17.2 Å². The number of esters is 1. The second kappa shape index (κ2) is 8.19. The zero-order chi connectivity index (χ0) is 21.1. The van der Waals surface area contributed by atoms with Crippen LogP contribution < -0.4 is 14.2 Å². The standard InChI is InChI=1S/C19H15ClN2O7/c1-26-15-7-10(8-16(27-2)17(15)28-3)6-14-19(23)29-18(21-14)12-5-4-11(22(24)25)9-13(12)20/h4-9H,1-3H3. The highest BCUT2D eigenvalue weighted by Gasteiger charge is 2.27. The number of aliphatic imine (C=N–C) groups is 1. The number of hydrogen-bond acceptors (Lipinski definition) is 8. The van der Waals surface area contributed by atoms with Crippen LogP contribution in [-0.4, -0.2) is 38.1 Å². The van der Waals surface area contributed by atoms with E-state index < -0.39 is 10.9 Å². The smallest absolute Gasteiger partial charge is 0.363 e. The van der Waals surface area contributed by atoms with E-state index in [0.29, 0.717) is 22.8 Å². The number of methoxy groups -OCH3 is 3. The summed E-state index contributed by atoms with van der Waals surface area (Å²) in [5.41, 5.74) is 0.658. The van der Waals surface area contributed by atoms with Gasteiger partial charge in [-0.15, -0.1) is 0 Å². The topological polar surface area (TPSA) is 109 Å². The Hall–Kier alpha value is -3.59. The van der Waals surface area contributed by atoms with Crippen molar-refractivity contribution >= 4 is 35.2 Å². The normalized spacial score (nSPS) is 14.4. The van der Waals surface area contributed by atoms with Crippen molar-refractivity contribution in [2.24, 2.45) is 4.99 Å². The summed E-state index contributed by atoms with van der Waals surface area (Å²) in [6.07, 6.45) is 1.49. The van der Waals surface area contributed by atoms with Crippen molar-refractivity contribution in [3.63, 3.8) is 0 Å². The number of carbonyl (C=O) groups excluding carboxylic acids is 1. The molecule has 0 radical (unpaired) electrons. The summed E-state index contributed by atoms with van der Waals surface area (Å²) in [4.78, 5) is 26.7. The molecular weight excluding hydrogens is 404 g/mol. The number of nitro benzene ring substituents is 1. The van der Waals surface area contributed by atoms with Crippen molar-refractivity contribution < 1.29 is 28.7 Å². The van der Waals surface area contributed by atoms with Gasteiger partial charge in [-0.1, -0.05) is 11.6 Å². The molecule has 0 atom stereocenters. The molecule has 3 rings (SSSR count). The number of hydrogen-bond donors (Lipinski definition) is 0. The molecule has 2 aromatic carbocycles. The van der Waals surface area contributed by atoms with Gasteiger partial charge < -0.3 is 18.9 Å². The van der Waals surface area contributed by atoms with Crippen molar-refractivity contribution in [1.82, 2.24) is 0 Å². The molecule has 10 heteroatoms. The minimum atomic E-state index is -0.692. The molecule has 0 saturated carbocycles. The molecule has 0 aromatic heterocycles. The van der Waals surface area contributed by atoms with Crippen molar-refractivity contribution in [2.45, 2.75) is 0 Å². The Labute approximate surface area is 170 Å². The van der Waals surface area contributed by atoms with Gasteiger partial charge in [0.15, 0.2) is 17.2 Å². The average Bonchev–Trinajstić information content (AvgIpc) is 3.06. The van der Waals surface area contributed by atoms with Crippen LogP contribution in [0.25, 0.3) is 6.08 Å². The van der Waals surface area contributed by atoms with Crippen LogP contribution in [0.2, 0.25) is 5.02 Å². The third-order valence-corrected chi connectivity index (χ3v) is 4.32. The summed E-state index contributed by atoms with van der Waals surface area (Å²) < 4.78 is 21.0. The van der Waals surface area contributed by atoms with Crippen molar-refractivity contribution in [3.05, 3.63) is 62.3 Å². The van der Waals surface area contributed by atoms with Crippen LogP contribution in [0.1, 0.15) is 11.1 Å². The highest BCUT2D eigenvalue weighted by molar-refractivity contribution is 6.34. The van der Waals surface area contributed by atoms with E-state index >= 15 is 0 Å². The van der Waals surface area contributed by atoms with Gasteiger partial charge >= 0.3 is 5.97 Å². The van der Waals surface area contributed by atoms with Crippen molar-refractivity contribution in [1.29, 1.82) is 0 Å². The number of benzene rings is 2. The summed E-state index contributed by atoms with van der Waals surface area (Å²) in [5.74, 6) is 0.491. The van der Waals surface area contributed by atoms with Crippen LogP contribution in [0.15, 0.2) is 41.0 Å². The van der Waals surface area contributed by atoms with E-state index in [1.807, 2.05) is 0 Å². The van der Waals surface area contributed by atoms with Gasteiger partial charge in [-0.25, -0.2) is 9.79 Å². The van der Waals surface area contributed by atoms with Crippen LogP contribution in [0.3, 0.4) is 0 Å². The number of nitrogens with zero attached hydrogens (tertiary/aromatic N) is 2. The quantitative estimate of drug-likeness (QED) is 0.305. The SMILES string of the molecule is COc1cc(C=C2N=C(c3ccc([N+](=O)[O-])cc3Cl)OC2=O)cc(OC)c1OC. The molecule has 150 valence electrons. The minimum Gasteiger partial charge on any atom is -0.493 e. The molecule has 0 N–H and O–H groups in total. The molecule has 0 amide bonds. The molecule has 1 aliphatic heterocycles. The third kappa shape index (κ3) is 3.99. The van der Waals surface area contributed by atoms with E-state index in [0.717, 1.165) is 6.07 Å². The molecule has 0 saturated heterocycles. The Balaban J connectivity index is 2.00. The second-order valence-corrected chi connectivity index (χ2v) is 6.12. The molecule has 2 aromatic rings. The van der Waals surface area contributed by atoms with E-state index in [1.54, 1.807) is 12.1 Å². The van der Waals surface area contributed by atoms with E-state index in [1.165, 1.54) is 39.5 Å². The number of cyclic esters (lactones) is 1. The monoisotopic (exact) mass is 418 g/mol. The van der Waals surface area contributed by atoms with E-state index in [-0.39, 0.29) is 27.9 Å². The molecular formula is C19H15ClN2O7. The second-order valence-electron chi connectivity index (χ2n) is 5.72. The van der Waals surface area contributed by atoms with Gasteiger partial charge in [0, 0.05) is 12.1 Å². The fourth-order valence-electron chi connectivity index (χ4n) is 2.66. The van der Waals surface area contributed by atoms with Crippen LogP contribution >= 0.6 is 11.6 Å². The maximum Gasteiger partial charge on any atom is 0.363 e. The van der Waals surface area contributed by atoms with Gasteiger partial charge in [0.05, 0.1) is 36.8 Å². The molecule has 1 heterocycles. The van der Waals surface area contributed by atoms with E-state index in [4.69, 9.17) is 30.5 Å². The maximum absolute atomic E-state index is 12.2. The molecule has 1 aliphatic rings. The molecule has 29 heavy (non-hydrogen) atoms. The summed E-state index contributed by atoms with van der Waals surface area (Å²) in [6.45, 7) is 0. The van der Waals surface area contributed by atoms with E-state index in [2.05, 4.69) is 4.99 Å².